The molecule has 0 aromatic heterocycles. The molecule has 0 spiro atoms. The normalized spacial score (nSPS) is 11.1. The van der Waals surface area contributed by atoms with Crippen molar-refractivity contribution in [2.24, 2.45) is 0 Å². The molecule has 1 N–H and O–H groups in total. The lowest BCUT2D eigenvalue weighted by atomic mass is 10.2. The first-order valence-corrected chi connectivity index (χ1v) is 7.27. The average Bonchev–Trinajstić information content (AvgIpc) is 2.37. The second-order valence-corrected chi connectivity index (χ2v) is 5.87. The van der Waals surface area contributed by atoms with Crippen LogP contribution in [0.1, 0.15) is 12.5 Å². The highest BCUT2D eigenvalue weighted by atomic mass is 32.2. The summed E-state index contributed by atoms with van der Waals surface area (Å²) in [5.41, 5.74) is 0.326. The van der Waals surface area contributed by atoms with Crippen LogP contribution in [0, 0.1) is 17.1 Å². The van der Waals surface area contributed by atoms with Gasteiger partial charge in [0.1, 0.15) is 22.3 Å². The van der Waals surface area contributed by atoms with Gasteiger partial charge >= 0.3 is 0 Å². The lowest BCUT2D eigenvalue weighted by Crippen LogP contribution is -2.28. The number of hydrogen-bond donors (Lipinski definition) is 1. The Morgan fingerprint density at radius 3 is 2.85 bits per heavy atom. The number of halogens is 1. The van der Waals surface area contributed by atoms with Crippen LogP contribution in [0.5, 0.6) is 0 Å². The maximum Gasteiger partial charge on any atom is 0.242 e. The van der Waals surface area contributed by atoms with Gasteiger partial charge in [0.15, 0.2) is 0 Å². The minimum atomic E-state index is -3.94. The Balaban J connectivity index is 2.73. The van der Waals surface area contributed by atoms with E-state index in [1.807, 2.05) is 0 Å². The zero-order valence-electron chi connectivity index (χ0n) is 11.0. The molecule has 0 saturated carbocycles. The van der Waals surface area contributed by atoms with Gasteiger partial charge in [-0.3, -0.25) is 0 Å². The Bertz CT molecular complexity index is 636. The standard InChI is InChI=1S/C13H15FN2O3S/c1-10(2)9-19-7-6-16-20(17,18)13-5-3-4-12(14)11(13)8-15/h3-5,16H,1,6-7,9H2,2H3. The van der Waals surface area contributed by atoms with Gasteiger partial charge in [0.05, 0.1) is 13.2 Å². The smallest absolute Gasteiger partial charge is 0.242 e. The minimum Gasteiger partial charge on any atom is -0.376 e. The summed E-state index contributed by atoms with van der Waals surface area (Å²) in [6.07, 6.45) is 0. The van der Waals surface area contributed by atoms with Crippen molar-refractivity contribution in [3.63, 3.8) is 0 Å². The van der Waals surface area contributed by atoms with Gasteiger partial charge in [-0.1, -0.05) is 18.2 Å². The van der Waals surface area contributed by atoms with Crippen LogP contribution in [0.25, 0.3) is 0 Å². The fraction of sp³-hybridized carbons (Fsp3) is 0.308. The molecule has 0 amide bonds. The van der Waals surface area contributed by atoms with Crippen LogP contribution in [0.4, 0.5) is 4.39 Å². The maximum absolute atomic E-state index is 13.4. The molecular formula is C13H15FN2O3S. The first-order chi connectivity index (χ1) is 9.38. The van der Waals surface area contributed by atoms with Gasteiger partial charge in [-0.25, -0.2) is 17.5 Å². The molecule has 108 valence electrons. The van der Waals surface area contributed by atoms with E-state index < -0.39 is 21.4 Å². The Hall–Kier alpha value is -1.75. The van der Waals surface area contributed by atoms with Gasteiger partial charge in [0.25, 0.3) is 0 Å². The highest BCUT2D eigenvalue weighted by Gasteiger charge is 2.20. The van der Waals surface area contributed by atoms with Crippen LogP contribution in [0.2, 0.25) is 0 Å². The van der Waals surface area contributed by atoms with Gasteiger partial charge < -0.3 is 4.74 Å². The molecule has 20 heavy (non-hydrogen) atoms. The van der Waals surface area contributed by atoms with Gasteiger partial charge in [-0.05, 0) is 19.1 Å². The molecule has 1 rings (SSSR count). The molecule has 1 aromatic carbocycles. The molecule has 1 aromatic rings. The molecule has 0 aliphatic heterocycles. The zero-order valence-corrected chi connectivity index (χ0v) is 11.8. The van der Waals surface area contributed by atoms with Crippen molar-refractivity contribution in [3.05, 3.63) is 41.7 Å². The SMILES string of the molecule is C=C(C)COCCNS(=O)(=O)c1cccc(F)c1C#N. The van der Waals surface area contributed by atoms with Crippen LogP contribution >= 0.6 is 0 Å². The molecule has 0 bridgehead atoms. The monoisotopic (exact) mass is 298 g/mol. The summed E-state index contributed by atoms with van der Waals surface area (Å²) < 4.78 is 44.7. The third kappa shape index (κ3) is 4.42. The van der Waals surface area contributed by atoms with Crippen molar-refractivity contribution in [1.29, 1.82) is 5.26 Å². The third-order valence-electron chi connectivity index (χ3n) is 2.26. The Morgan fingerprint density at radius 1 is 1.55 bits per heavy atom. The summed E-state index contributed by atoms with van der Waals surface area (Å²) in [6, 6.07) is 5.00. The Kier molecular flexibility index (Phi) is 5.82. The van der Waals surface area contributed by atoms with Crippen molar-refractivity contribution in [2.75, 3.05) is 19.8 Å². The first-order valence-electron chi connectivity index (χ1n) is 5.79. The summed E-state index contributed by atoms with van der Waals surface area (Å²) in [5.74, 6) is -0.867. The van der Waals surface area contributed by atoms with Crippen molar-refractivity contribution in [2.45, 2.75) is 11.8 Å². The van der Waals surface area contributed by atoms with Crippen molar-refractivity contribution in [1.82, 2.24) is 4.72 Å². The van der Waals surface area contributed by atoms with Crippen LogP contribution in [0.3, 0.4) is 0 Å². The molecule has 0 atom stereocenters. The van der Waals surface area contributed by atoms with E-state index in [2.05, 4.69) is 11.3 Å². The quantitative estimate of drug-likeness (QED) is 0.612. The summed E-state index contributed by atoms with van der Waals surface area (Å²) in [5, 5.41) is 8.82. The average molecular weight is 298 g/mol. The van der Waals surface area contributed by atoms with E-state index in [4.69, 9.17) is 10.00 Å². The molecule has 0 aliphatic rings. The molecule has 0 fully saturated rings. The number of sulfonamides is 1. The summed E-state index contributed by atoms with van der Waals surface area (Å²) in [4.78, 5) is -0.375. The predicted molar refractivity (Wildman–Crippen MR) is 71.9 cm³/mol. The van der Waals surface area contributed by atoms with Crippen molar-refractivity contribution in [3.8, 4) is 6.07 Å². The fourth-order valence-electron chi connectivity index (χ4n) is 1.41. The topological polar surface area (TPSA) is 79.2 Å². The van der Waals surface area contributed by atoms with E-state index in [9.17, 15) is 12.8 Å². The van der Waals surface area contributed by atoms with E-state index in [0.29, 0.717) is 6.61 Å². The summed E-state index contributed by atoms with van der Waals surface area (Å²) in [7, 11) is -3.94. The number of nitrogens with zero attached hydrogens (tertiary/aromatic N) is 1. The molecular weight excluding hydrogens is 283 g/mol. The number of benzene rings is 1. The molecule has 0 aliphatic carbocycles. The van der Waals surface area contributed by atoms with E-state index in [-0.39, 0.29) is 18.0 Å². The van der Waals surface area contributed by atoms with E-state index in [0.717, 1.165) is 11.6 Å². The van der Waals surface area contributed by atoms with Gasteiger partial charge in [0.2, 0.25) is 10.0 Å². The number of nitrogens with one attached hydrogen (secondary N) is 1. The Morgan fingerprint density at radius 2 is 2.25 bits per heavy atom. The van der Waals surface area contributed by atoms with Crippen LogP contribution < -0.4 is 4.72 Å². The van der Waals surface area contributed by atoms with Crippen molar-refractivity contribution >= 4 is 10.0 Å². The van der Waals surface area contributed by atoms with Crippen LogP contribution in [-0.2, 0) is 14.8 Å². The molecule has 7 heteroatoms. The van der Waals surface area contributed by atoms with Crippen LogP contribution in [0.15, 0.2) is 35.2 Å². The molecule has 0 unspecified atom stereocenters. The Labute approximate surface area is 117 Å². The maximum atomic E-state index is 13.4. The highest BCUT2D eigenvalue weighted by Crippen LogP contribution is 2.17. The fourth-order valence-corrected chi connectivity index (χ4v) is 2.59. The first kappa shape index (κ1) is 16.3. The van der Waals surface area contributed by atoms with Gasteiger partial charge in [-0.2, -0.15) is 5.26 Å². The second-order valence-electron chi connectivity index (χ2n) is 4.13. The number of hydrogen-bond acceptors (Lipinski definition) is 4. The summed E-state index contributed by atoms with van der Waals surface area (Å²) >= 11 is 0. The lowest BCUT2D eigenvalue weighted by molar-refractivity contribution is 0.162. The number of nitriles is 1. The molecule has 5 nitrogen and oxygen atoms in total. The van der Waals surface area contributed by atoms with Gasteiger partial charge in [0, 0.05) is 6.54 Å². The second kappa shape index (κ2) is 7.14. The van der Waals surface area contributed by atoms with Crippen LogP contribution in [-0.4, -0.2) is 28.2 Å². The minimum absolute atomic E-state index is 0.0248. The highest BCUT2D eigenvalue weighted by molar-refractivity contribution is 7.89. The molecule has 0 saturated heterocycles. The largest absolute Gasteiger partial charge is 0.376 e. The summed E-state index contributed by atoms with van der Waals surface area (Å²) in [6.45, 7) is 5.95. The number of rotatable bonds is 7. The van der Waals surface area contributed by atoms with E-state index in [1.54, 1.807) is 13.0 Å². The van der Waals surface area contributed by atoms with E-state index in [1.165, 1.54) is 12.1 Å². The van der Waals surface area contributed by atoms with E-state index >= 15 is 0 Å². The number of ether oxygens (including phenoxy) is 1. The predicted octanol–water partition coefficient (Wildman–Crippen LogP) is 1.57. The van der Waals surface area contributed by atoms with Gasteiger partial charge in [-0.15, -0.1) is 0 Å². The van der Waals surface area contributed by atoms with Crippen molar-refractivity contribution < 1.29 is 17.5 Å². The third-order valence-corrected chi connectivity index (χ3v) is 3.77. The lowest BCUT2D eigenvalue weighted by Gasteiger charge is -2.09. The molecule has 0 radical (unpaired) electrons. The molecule has 0 heterocycles. The zero-order chi connectivity index (χ0) is 15.2.